The van der Waals surface area contributed by atoms with E-state index in [1.807, 2.05) is 37.3 Å². The van der Waals surface area contributed by atoms with Gasteiger partial charge in [0.05, 0.1) is 24.9 Å². The van der Waals surface area contributed by atoms with E-state index in [0.29, 0.717) is 22.9 Å². The molecule has 0 saturated carbocycles. The van der Waals surface area contributed by atoms with E-state index in [9.17, 15) is 5.11 Å². The standard InChI is InChI=1S/C19H17NO4/c1-11-4-3-5-12-6-13(9-21)19(20-18(11)12)14-7-16-17(24-10-23-16)8-15(14)22-2/h3-8,21H,9-10H2,1-2H3. The van der Waals surface area contributed by atoms with E-state index in [1.54, 1.807) is 13.2 Å². The minimum Gasteiger partial charge on any atom is -0.496 e. The zero-order chi connectivity index (χ0) is 16.7. The van der Waals surface area contributed by atoms with Crippen molar-refractivity contribution in [3.63, 3.8) is 0 Å². The molecule has 5 heteroatoms. The minimum atomic E-state index is -0.107. The number of aromatic nitrogens is 1. The predicted molar refractivity (Wildman–Crippen MR) is 90.5 cm³/mol. The molecule has 0 amide bonds. The van der Waals surface area contributed by atoms with E-state index < -0.39 is 0 Å². The number of fused-ring (bicyclic) bond motifs is 2. The summed E-state index contributed by atoms with van der Waals surface area (Å²) < 4.78 is 16.4. The summed E-state index contributed by atoms with van der Waals surface area (Å²) in [5.74, 6) is 1.94. The first kappa shape index (κ1) is 14.8. The van der Waals surface area contributed by atoms with Crippen molar-refractivity contribution in [2.24, 2.45) is 0 Å². The van der Waals surface area contributed by atoms with Crippen LogP contribution in [0.4, 0.5) is 0 Å². The Morgan fingerprint density at radius 1 is 1.17 bits per heavy atom. The summed E-state index contributed by atoms with van der Waals surface area (Å²) in [6, 6.07) is 11.6. The van der Waals surface area contributed by atoms with Crippen LogP contribution in [0.5, 0.6) is 17.2 Å². The van der Waals surface area contributed by atoms with Crippen molar-refractivity contribution < 1.29 is 19.3 Å². The van der Waals surface area contributed by atoms with Crippen molar-refractivity contribution in [2.75, 3.05) is 13.9 Å². The molecular formula is C19H17NO4. The lowest BCUT2D eigenvalue weighted by Crippen LogP contribution is -1.98. The maximum Gasteiger partial charge on any atom is 0.231 e. The summed E-state index contributed by atoms with van der Waals surface area (Å²) in [6.07, 6.45) is 0. The zero-order valence-corrected chi connectivity index (χ0v) is 13.5. The molecule has 122 valence electrons. The molecule has 1 aliphatic heterocycles. The van der Waals surface area contributed by atoms with Crippen LogP contribution in [0, 0.1) is 6.92 Å². The lowest BCUT2D eigenvalue weighted by atomic mass is 10.0. The summed E-state index contributed by atoms with van der Waals surface area (Å²) in [6.45, 7) is 2.11. The molecule has 0 spiro atoms. The van der Waals surface area contributed by atoms with Gasteiger partial charge in [-0.05, 0) is 24.6 Å². The van der Waals surface area contributed by atoms with Gasteiger partial charge < -0.3 is 19.3 Å². The van der Waals surface area contributed by atoms with Crippen molar-refractivity contribution in [3.8, 4) is 28.5 Å². The number of methoxy groups -OCH3 is 1. The number of aryl methyl sites for hydroxylation is 1. The second kappa shape index (κ2) is 5.69. The highest BCUT2D eigenvalue weighted by atomic mass is 16.7. The average molecular weight is 323 g/mol. The molecule has 24 heavy (non-hydrogen) atoms. The normalized spacial score (nSPS) is 12.6. The number of para-hydroxylation sites is 1. The fourth-order valence-corrected chi connectivity index (χ4v) is 3.02. The van der Waals surface area contributed by atoms with Gasteiger partial charge in [0.2, 0.25) is 6.79 Å². The fourth-order valence-electron chi connectivity index (χ4n) is 3.02. The predicted octanol–water partition coefficient (Wildman–Crippen LogP) is 3.44. The van der Waals surface area contributed by atoms with Gasteiger partial charge in [-0.2, -0.15) is 0 Å². The molecule has 0 radical (unpaired) electrons. The van der Waals surface area contributed by atoms with Crippen molar-refractivity contribution in [1.29, 1.82) is 0 Å². The molecule has 1 aromatic heterocycles. The molecule has 1 N–H and O–H groups in total. The molecule has 1 aliphatic rings. The van der Waals surface area contributed by atoms with E-state index in [2.05, 4.69) is 0 Å². The average Bonchev–Trinajstić information content (AvgIpc) is 3.07. The van der Waals surface area contributed by atoms with Gasteiger partial charge in [-0.15, -0.1) is 0 Å². The largest absolute Gasteiger partial charge is 0.496 e. The smallest absolute Gasteiger partial charge is 0.231 e. The molecule has 0 atom stereocenters. The van der Waals surface area contributed by atoms with Gasteiger partial charge in [0.25, 0.3) is 0 Å². The van der Waals surface area contributed by atoms with Gasteiger partial charge in [-0.1, -0.05) is 18.2 Å². The number of rotatable bonds is 3. The van der Waals surface area contributed by atoms with Crippen LogP contribution in [0.2, 0.25) is 0 Å². The van der Waals surface area contributed by atoms with Crippen molar-refractivity contribution in [1.82, 2.24) is 4.98 Å². The number of ether oxygens (including phenoxy) is 3. The van der Waals surface area contributed by atoms with E-state index in [0.717, 1.165) is 27.6 Å². The van der Waals surface area contributed by atoms with Crippen LogP contribution in [0.1, 0.15) is 11.1 Å². The molecule has 2 aromatic carbocycles. The third kappa shape index (κ3) is 2.25. The van der Waals surface area contributed by atoms with Crippen LogP contribution < -0.4 is 14.2 Å². The Balaban J connectivity index is 2.00. The van der Waals surface area contributed by atoms with Gasteiger partial charge in [0.1, 0.15) is 5.75 Å². The number of nitrogens with zero attached hydrogens (tertiary/aromatic N) is 1. The first-order chi connectivity index (χ1) is 11.7. The molecule has 0 unspecified atom stereocenters. The SMILES string of the molecule is COc1cc2c(cc1-c1nc3c(C)cccc3cc1CO)OCO2. The van der Waals surface area contributed by atoms with Crippen LogP contribution in [0.15, 0.2) is 36.4 Å². The molecular weight excluding hydrogens is 306 g/mol. The molecule has 0 fully saturated rings. The Bertz CT molecular complexity index is 936. The van der Waals surface area contributed by atoms with Crippen molar-refractivity contribution in [3.05, 3.63) is 47.5 Å². The van der Waals surface area contributed by atoms with Crippen molar-refractivity contribution in [2.45, 2.75) is 13.5 Å². The maximum absolute atomic E-state index is 9.83. The Hall–Kier alpha value is -2.79. The molecule has 0 aliphatic carbocycles. The zero-order valence-electron chi connectivity index (χ0n) is 13.5. The highest BCUT2D eigenvalue weighted by Gasteiger charge is 2.21. The third-order valence-electron chi connectivity index (χ3n) is 4.25. The Labute approximate surface area is 139 Å². The lowest BCUT2D eigenvalue weighted by molar-refractivity contribution is 0.174. The maximum atomic E-state index is 9.83. The Kier molecular flexibility index (Phi) is 3.50. The third-order valence-corrected chi connectivity index (χ3v) is 4.25. The number of benzene rings is 2. The summed E-state index contributed by atoms with van der Waals surface area (Å²) in [5.41, 5.74) is 4.19. The monoisotopic (exact) mass is 323 g/mol. The number of aliphatic hydroxyl groups is 1. The van der Waals surface area contributed by atoms with E-state index in [-0.39, 0.29) is 13.4 Å². The summed E-state index contributed by atoms with van der Waals surface area (Å²) in [5, 5.41) is 10.8. The quantitative estimate of drug-likeness (QED) is 0.800. The molecule has 2 heterocycles. The van der Waals surface area contributed by atoms with Crippen LogP contribution in [0.3, 0.4) is 0 Å². The van der Waals surface area contributed by atoms with Gasteiger partial charge in [0.15, 0.2) is 11.5 Å². The van der Waals surface area contributed by atoms with Crippen molar-refractivity contribution >= 4 is 10.9 Å². The van der Waals surface area contributed by atoms with Crippen LogP contribution in [0.25, 0.3) is 22.2 Å². The molecule has 0 bridgehead atoms. The molecule has 4 rings (SSSR count). The molecule has 0 saturated heterocycles. The summed E-state index contributed by atoms with van der Waals surface area (Å²) in [4.78, 5) is 4.81. The van der Waals surface area contributed by atoms with Gasteiger partial charge in [0, 0.05) is 22.6 Å². The van der Waals surface area contributed by atoms with Crippen LogP contribution in [-0.4, -0.2) is 24.0 Å². The Morgan fingerprint density at radius 3 is 2.71 bits per heavy atom. The lowest BCUT2D eigenvalue weighted by Gasteiger charge is -2.14. The second-order valence-corrected chi connectivity index (χ2v) is 5.71. The number of aliphatic hydroxyl groups excluding tert-OH is 1. The number of pyridine rings is 1. The van der Waals surface area contributed by atoms with E-state index in [4.69, 9.17) is 19.2 Å². The topological polar surface area (TPSA) is 60.8 Å². The summed E-state index contributed by atoms with van der Waals surface area (Å²) >= 11 is 0. The number of hydrogen-bond donors (Lipinski definition) is 1. The minimum absolute atomic E-state index is 0.107. The first-order valence-corrected chi connectivity index (χ1v) is 7.69. The fraction of sp³-hybridized carbons (Fsp3) is 0.211. The first-order valence-electron chi connectivity index (χ1n) is 7.69. The summed E-state index contributed by atoms with van der Waals surface area (Å²) in [7, 11) is 1.60. The Morgan fingerprint density at radius 2 is 1.96 bits per heavy atom. The molecule has 3 aromatic rings. The number of hydrogen-bond acceptors (Lipinski definition) is 5. The highest BCUT2D eigenvalue weighted by Crippen LogP contribution is 2.43. The van der Waals surface area contributed by atoms with E-state index in [1.165, 1.54) is 0 Å². The molecule has 5 nitrogen and oxygen atoms in total. The van der Waals surface area contributed by atoms with Gasteiger partial charge in [-0.25, -0.2) is 4.98 Å². The van der Waals surface area contributed by atoms with Crippen LogP contribution in [-0.2, 0) is 6.61 Å². The highest BCUT2D eigenvalue weighted by molar-refractivity contribution is 5.87. The van der Waals surface area contributed by atoms with Crippen LogP contribution >= 0.6 is 0 Å². The van der Waals surface area contributed by atoms with Gasteiger partial charge in [-0.3, -0.25) is 0 Å². The second-order valence-electron chi connectivity index (χ2n) is 5.71. The van der Waals surface area contributed by atoms with E-state index >= 15 is 0 Å². The van der Waals surface area contributed by atoms with Gasteiger partial charge >= 0.3 is 0 Å².